The van der Waals surface area contributed by atoms with E-state index in [1.165, 1.54) is 7.11 Å². The molecule has 1 spiro atoms. The van der Waals surface area contributed by atoms with Crippen molar-refractivity contribution in [2.45, 2.75) is 90.1 Å². The van der Waals surface area contributed by atoms with Gasteiger partial charge in [0.25, 0.3) is 0 Å². The van der Waals surface area contributed by atoms with Crippen molar-refractivity contribution in [2.24, 2.45) is 23.7 Å². The topological polar surface area (TPSA) is 90.9 Å². The van der Waals surface area contributed by atoms with E-state index in [0.29, 0.717) is 35.7 Å². The normalized spacial score (nSPS) is 36.5. The quantitative estimate of drug-likeness (QED) is 0.223. The summed E-state index contributed by atoms with van der Waals surface area (Å²) in [6.07, 6.45) is 2.06. The van der Waals surface area contributed by atoms with E-state index in [-0.39, 0.29) is 11.8 Å². The lowest BCUT2D eigenvalue weighted by molar-refractivity contribution is -0.577. The lowest BCUT2D eigenvalue weighted by Gasteiger charge is -2.60. The van der Waals surface area contributed by atoms with E-state index >= 15 is 0 Å². The van der Waals surface area contributed by atoms with E-state index in [2.05, 4.69) is 13.8 Å². The molecule has 3 unspecified atom stereocenters. The van der Waals surface area contributed by atoms with E-state index in [4.69, 9.17) is 38.2 Å². The fourth-order valence-electron chi connectivity index (χ4n) is 7.10. The zero-order valence-electron chi connectivity index (χ0n) is 24.4. The smallest absolute Gasteiger partial charge is 0.352 e. The van der Waals surface area contributed by atoms with Gasteiger partial charge in [0.2, 0.25) is 5.79 Å². The van der Waals surface area contributed by atoms with Crippen LogP contribution in [0.5, 0.6) is 17.2 Å². The molecular weight excluding hydrogens is 528 g/mol. The maximum Gasteiger partial charge on any atom is 0.352 e. The Morgan fingerprint density at radius 2 is 1.83 bits per heavy atom. The van der Waals surface area contributed by atoms with Crippen LogP contribution in [0.2, 0.25) is 0 Å². The number of benzene rings is 2. The van der Waals surface area contributed by atoms with Crippen LogP contribution >= 0.6 is 0 Å². The van der Waals surface area contributed by atoms with Crippen LogP contribution in [0.25, 0.3) is 0 Å². The van der Waals surface area contributed by atoms with Gasteiger partial charge >= 0.3 is 5.97 Å². The molecule has 9 heteroatoms. The molecule has 0 aromatic heterocycles. The molecule has 4 saturated heterocycles. The Hall–Kier alpha value is -2.69. The van der Waals surface area contributed by atoms with E-state index in [9.17, 15) is 4.79 Å². The summed E-state index contributed by atoms with van der Waals surface area (Å²) in [6, 6.07) is 14.5. The molecule has 2 bridgehead atoms. The summed E-state index contributed by atoms with van der Waals surface area (Å²) in [4.78, 5) is 24.8. The second-order valence-corrected chi connectivity index (χ2v) is 12.1. The van der Waals surface area contributed by atoms with Crippen LogP contribution in [0.4, 0.5) is 0 Å². The van der Waals surface area contributed by atoms with Crippen LogP contribution in [0.3, 0.4) is 0 Å². The molecular formula is C32H40O9. The number of para-hydroxylation sites is 2. The minimum atomic E-state index is -0.831. The minimum absolute atomic E-state index is 0.0834. The van der Waals surface area contributed by atoms with Crippen LogP contribution in [-0.2, 0) is 35.4 Å². The summed E-state index contributed by atoms with van der Waals surface area (Å²) in [5.41, 5.74) is 0.281. The highest BCUT2D eigenvalue weighted by Gasteiger charge is 2.69. The van der Waals surface area contributed by atoms with Crippen molar-refractivity contribution in [3.8, 4) is 17.2 Å². The maximum absolute atomic E-state index is 12.7. The van der Waals surface area contributed by atoms with Gasteiger partial charge in [0.15, 0.2) is 35.8 Å². The van der Waals surface area contributed by atoms with Crippen molar-refractivity contribution in [1.29, 1.82) is 0 Å². The first kappa shape index (κ1) is 28.4. The van der Waals surface area contributed by atoms with Gasteiger partial charge in [-0.2, -0.15) is 0 Å². The standard InChI is InChI=1S/C32H40O9/c1-19-13-14-25-20(2)29(38-30-32(25)24(19)15-16-31(4,39-30)40-41-32)35-18-22-9-8-10-23(17-22)36-21(3)28(33)37-27-12-7-6-11-26(27)34-5/h6-12,17,19-21,24-25,29-30H,13-16,18H2,1-5H3/t19-,20-,21?,24?,25?,29+,30-,31+,32-/m1/s1. The number of fused-ring (bicyclic) bond motifs is 2. The average molecular weight is 569 g/mol. The van der Waals surface area contributed by atoms with Gasteiger partial charge in [0.1, 0.15) is 5.75 Å². The van der Waals surface area contributed by atoms with Crippen LogP contribution in [0, 0.1) is 23.7 Å². The average Bonchev–Trinajstić information content (AvgIpc) is 3.20. The minimum Gasteiger partial charge on any atom is -0.493 e. The number of esters is 1. The first-order chi connectivity index (χ1) is 19.7. The van der Waals surface area contributed by atoms with Crippen molar-refractivity contribution in [3.05, 3.63) is 54.1 Å². The monoisotopic (exact) mass is 568 g/mol. The Labute approximate surface area is 241 Å². The van der Waals surface area contributed by atoms with Crippen molar-refractivity contribution < 1.29 is 43.0 Å². The van der Waals surface area contributed by atoms with Crippen molar-refractivity contribution in [1.82, 2.24) is 0 Å². The van der Waals surface area contributed by atoms with Crippen LogP contribution < -0.4 is 14.2 Å². The maximum atomic E-state index is 12.7. The molecule has 7 rings (SSSR count). The lowest BCUT2D eigenvalue weighted by Crippen LogP contribution is -2.70. The van der Waals surface area contributed by atoms with Crippen molar-refractivity contribution in [2.75, 3.05) is 7.11 Å². The van der Waals surface area contributed by atoms with Gasteiger partial charge in [-0.1, -0.05) is 38.1 Å². The number of carbonyl (C=O) groups excluding carboxylic acids is 1. The number of methoxy groups -OCH3 is 1. The predicted octanol–water partition coefficient (Wildman–Crippen LogP) is 5.79. The third-order valence-corrected chi connectivity index (χ3v) is 9.33. The molecule has 4 aliphatic heterocycles. The molecule has 4 heterocycles. The van der Waals surface area contributed by atoms with Gasteiger partial charge in [-0.25, -0.2) is 14.6 Å². The summed E-state index contributed by atoms with van der Waals surface area (Å²) >= 11 is 0. The fourth-order valence-corrected chi connectivity index (χ4v) is 7.10. The Morgan fingerprint density at radius 1 is 1.02 bits per heavy atom. The molecule has 41 heavy (non-hydrogen) atoms. The second-order valence-electron chi connectivity index (χ2n) is 12.1. The van der Waals surface area contributed by atoms with E-state index < -0.39 is 36.0 Å². The van der Waals surface area contributed by atoms with Crippen LogP contribution in [-0.4, -0.2) is 43.2 Å². The van der Waals surface area contributed by atoms with Gasteiger partial charge in [-0.05, 0) is 74.8 Å². The summed E-state index contributed by atoms with van der Waals surface area (Å²) in [5.74, 6) is 1.11. The Morgan fingerprint density at radius 3 is 2.63 bits per heavy atom. The van der Waals surface area contributed by atoms with Crippen LogP contribution in [0.15, 0.2) is 48.5 Å². The number of ether oxygens (including phenoxy) is 6. The molecule has 222 valence electrons. The van der Waals surface area contributed by atoms with Gasteiger partial charge in [-0.3, -0.25) is 0 Å². The molecule has 2 aromatic carbocycles. The highest BCUT2D eigenvalue weighted by Crippen LogP contribution is 2.60. The van der Waals surface area contributed by atoms with Crippen molar-refractivity contribution >= 4 is 5.97 Å². The molecule has 0 radical (unpaired) electrons. The molecule has 1 saturated carbocycles. The number of rotatable bonds is 8. The molecule has 1 aliphatic carbocycles. The summed E-state index contributed by atoms with van der Waals surface area (Å²) < 4.78 is 36.0. The first-order valence-corrected chi connectivity index (χ1v) is 14.6. The first-order valence-electron chi connectivity index (χ1n) is 14.6. The predicted molar refractivity (Wildman–Crippen MR) is 147 cm³/mol. The fraction of sp³-hybridized carbons (Fsp3) is 0.594. The zero-order valence-corrected chi connectivity index (χ0v) is 24.4. The number of carbonyl (C=O) groups is 1. The van der Waals surface area contributed by atoms with Gasteiger partial charge in [0.05, 0.1) is 13.7 Å². The van der Waals surface area contributed by atoms with Crippen LogP contribution in [0.1, 0.15) is 58.9 Å². The van der Waals surface area contributed by atoms with E-state index in [1.54, 1.807) is 31.2 Å². The summed E-state index contributed by atoms with van der Waals surface area (Å²) in [7, 11) is 1.53. The second kappa shape index (κ2) is 11.2. The highest BCUT2D eigenvalue weighted by molar-refractivity contribution is 5.77. The van der Waals surface area contributed by atoms with Gasteiger partial charge < -0.3 is 28.4 Å². The third kappa shape index (κ3) is 5.23. The molecule has 9 nitrogen and oxygen atoms in total. The molecule has 0 amide bonds. The van der Waals surface area contributed by atoms with E-state index in [1.807, 2.05) is 31.2 Å². The Balaban J connectivity index is 1.10. The van der Waals surface area contributed by atoms with Crippen molar-refractivity contribution in [3.63, 3.8) is 0 Å². The largest absolute Gasteiger partial charge is 0.493 e. The third-order valence-electron chi connectivity index (χ3n) is 9.33. The molecule has 5 aliphatic rings. The molecule has 9 atom stereocenters. The van der Waals surface area contributed by atoms with Gasteiger partial charge in [-0.15, -0.1) is 0 Å². The Kier molecular flexibility index (Phi) is 7.76. The highest BCUT2D eigenvalue weighted by atomic mass is 17.3. The van der Waals surface area contributed by atoms with E-state index in [0.717, 1.165) is 31.2 Å². The molecule has 2 aromatic rings. The number of hydrogen-bond acceptors (Lipinski definition) is 9. The molecule has 0 N–H and O–H groups in total. The number of hydrogen-bond donors (Lipinski definition) is 0. The molecule has 5 fully saturated rings. The SMILES string of the molecule is COc1ccccc1OC(=O)C(C)Oc1cccc(CO[C@H]2O[C@@H]3O[C@]4(C)CCC5[C@H](C)CCC([C@H]2C)[C@]53OO4)c1. The van der Waals surface area contributed by atoms with Gasteiger partial charge in [0, 0.05) is 18.3 Å². The Bertz CT molecular complexity index is 1250. The summed E-state index contributed by atoms with van der Waals surface area (Å²) in [5, 5.41) is 0. The summed E-state index contributed by atoms with van der Waals surface area (Å²) in [6.45, 7) is 8.36. The lowest BCUT2D eigenvalue weighted by atomic mass is 9.58. The zero-order chi connectivity index (χ0) is 28.8.